The molecular weight excluding hydrogens is 242 g/mol. The van der Waals surface area contributed by atoms with Gasteiger partial charge in [0.05, 0.1) is 12.3 Å². The number of aliphatic hydroxyl groups is 1. The minimum Gasteiger partial charge on any atom is -0.479 e. The zero-order valence-corrected chi connectivity index (χ0v) is 11.7. The fraction of sp³-hybridized carbons (Fsp3) is 0.533. The molecule has 1 atom stereocenters. The molecule has 4 nitrogen and oxygen atoms in total. The van der Waals surface area contributed by atoms with Gasteiger partial charge in [-0.05, 0) is 37.0 Å². The number of hydrogen-bond acceptors (Lipinski definition) is 3. The molecule has 0 saturated heterocycles. The first-order valence-electron chi connectivity index (χ1n) is 6.74. The second-order valence-electron chi connectivity index (χ2n) is 5.39. The van der Waals surface area contributed by atoms with Gasteiger partial charge in [-0.3, -0.25) is 4.79 Å². The lowest BCUT2D eigenvalue weighted by molar-refractivity contribution is -0.125. The monoisotopic (exact) mass is 263 g/mol. The Morgan fingerprint density at radius 3 is 2.79 bits per heavy atom. The number of aliphatic hydroxyl groups excluding tert-OH is 1. The van der Waals surface area contributed by atoms with Crippen molar-refractivity contribution < 1.29 is 14.6 Å². The molecule has 1 N–H and O–H groups in total. The van der Waals surface area contributed by atoms with Gasteiger partial charge in [-0.2, -0.15) is 0 Å². The highest BCUT2D eigenvalue weighted by atomic mass is 16.5. The summed E-state index contributed by atoms with van der Waals surface area (Å²) in [6.07, 6.45) is 0.494. The first kappa shape index (κ1) is 13.9. The Bertz CT molecular complexity index is 470. The average Bonchev–Trinajstić information content (AvgIpc) is 2.38. The van der Waals surface area contributed by atoms with E-state index in [1.54, 1.807) is 17.9 Å². The van der Waals surface area contributed by atoms with Crippen molar-refractivity contribution in [3.05, 3.63) is 23.8 Å². The van der Waals surface area contributed by atoms with Crippen LogP contribution in [-0.2, 0) is 11.4 Å². The van der Waals surface area contributed by atoms with E-state index in [1.807, 2.05) is 12.1 Å². The second-order valence-corrected chi connectivity index (χ2v) is 5.39. The van der Waals surface area contributed by atoms with Crippen LogP contribution in [0.5, 0.6) is 5.75 Å². The fourth-order valence-electron chi connectivity index (χ4n) is 2.17. The molecule has 1 aliphatic rings. The van der Waals surface area contributed by atoms with Crippen LogP contribution in [0.25, 0.3) is 0 Å². The van der Waals surface area contributed by atoms with Crippen LogP contribution in [0.15, 0.2) is 18.2 Å². The minimum atomic E-state index is -0.464. The predicted molar refractivity (Wildman–Crippen MR) is 74.3 cm³/mol. The normalized spacial score (nSPS) is 18.5. The van der Waals surface area contributed by atoms with Crippen LogP contribution in [0.3, 0.4) is 0 Å². The Labute approximate surface area is 114 Å². The number of rotatable bonds is 4. The van der Waals surface area contributed by atoms with Crippen molar-refractivity contribution in [3.63, 3.8) is 0 Å². The van der Waals surface area contributed by atoms with Crippen molar-refractivity contribution in [3.8, 4) is 5.75 Å². The summed E-state index contributed by atoms with van der Waals surface area (Å²) in [7, 11) is 0. The highest BCUT2D eigenvalue weighted by molar-refractivity contribution is 5.99. The molecule has 1 unspecified atom stereocenters. The summed E-state index contributed by atoms with van der Waals surface area (Å²) >= 11 is 0. The molecular formula is C15H21NO3. The van der Waals surface area contributed by atoms with E-state index >= 15 is 0 Å². The second kappa shape index (κ2) is 5.61. The largest absolute Gasteiger partial charge is 0.479 e. The molecule has 19 heavy (non-hydrogen) atoms. The van der Waals surface area contributed by atoms with Crippen molar-refractivity contribution in [1.29, 1.82) is 0 Å². The van der Waals surface area contributed by atoms with Crippen molar-refractivity contribution in [1.82, 2.24) is 0 Å². The molecule has 0 aromatic heterocycles. The number of fused-ring (bicyclic) bond motifs is 1. The molecule has 104 valence electrons. The third-order valence-electron chi connectivity index (χ3n) is 3.35. The standard InChI is InChI=1S/C15H21NO3/c1-10(2)6-7-16-13-5-4-12(9-17)8-14(13)19-11(3)15(16)18/h4-5,8,10-11,17H,6-7,9H2,1-3H3. The van der Waals surface area contributed by atoms with E-state index in [1.165, 1.54) is 0 Å². The number of anilines is 1. The molecule has 1 aliphatic heterocycles. The van der Waals surface area contributed by atoms with E-state index in [9.17, 15) is 4.79 Å². The van der Waals surface area contributed by atoms with Gasteiger partial charge in [-0.15, -0.1) is 0 Å². The molecule has 0 fully saturated rings. The summed E-state index contributed by atoms with van der Waals surface area (Å²) in [6, 6.07) is 5.49. The molecule has 1 aromatic carbocycles. The topological polar surface area (TPSA) is 49.8 Å². The van der Waals surface area contributed by atoms with E-state index in [-0.39, 0.29) is 12.5 Å². The average molecular weight is 263 g/mol. The maximum atomic E-state index is 12.2. The van der Waals surface area contributed by atoms with Crippen LogP contribution in [0.2, 0.25) is 0 Å². The number of carbonyl (C=O) groups is 1. The van der Waals surface area contributed by atoms with E-state index < -0.39 is 6.10 Å². The zero-order chi connectivity index (χ0) is 14.0. The van der Waals surface area contributed by atoms with Gasteiger partial charge >= 0.3 is 0 Å². The molecule has 1 aromatic rings. The number of benzene rings is 1. The van der Waals surface area contributed by atoms with Crippen molar-refractivity contribution >= 4 is 11.6 Å². The highest BCUT2D eigenvalue weighted by Crippen LogP contribution is 2.35. The van der Waals surface area contributed by atoms with Crippen LogP contribution < -0.4 is 9.64 Å². The van der Waals surface area contributed by atoms with E-state index in [0.717, 1.165) is 17.7 Å². The summed E-state index contributed by atoms with van der Waals surface area (Å²) < 4.78 is 5.62. The molecule has 2 rings (SSSR count). The maximum absolute atomic E-state index is 12.2. The smallest absolute Gasteiger partial charge is 0.267 e. The Morgan fingerprint density at radius 2 is 2.16 bits per heavy atom. The molecule has 0 spiro atoms. The van der Waals surface area contributed by atoms with Crippen LogP contribution >= 0.6 is 0 Å². The molecule has 1 amide bonds. The third kappa shape index (κ3) is 2.89. The van der Waals surface area contributed by atoms with Crippen LogP contribution in [0, 0.1) is 5.92 Å². The Morgan fingerprint density at radius 1 is 1.42 bits per heavy atom. The lowest BCUT2D eigenvalue weighted by atomic mass is 10.1. The number of ether oxygens (including phenoxy) is 1. The van der Waals surface area contributed by atoms with E-state index in [0.29, 0.717) is 18.2 Å². The lowest BCUT2D eigenvalue weighted by Crippen LogP contribution is -2.45. The van der Waals surface area contributed by atoms with Crippen molar-refractivity contribution in [2.45, 2.75) is 39.9 Å². The summed E-state index contributed by atoms with van der Waals surface area (Å²) in [5.74, 6) is 1.23. The van der Waals surface area contributed by atoms with Gasteiger partial charge in [0.1, 0.15) is 5.75 Å². The van der Waals surface area contributed by atoms with Crippen LogP contribution in [0.1, 0.15) is 32.8 Å². The summed E-state index contributed by atoms with van der Waals surface area (Å²) in [6.45, 7) is 6.73. The van der Waals surface area contributed by atoms with Gasteiger partial charge < -0.3 is 14.7 Å². The zero-order valence-electron chi connectivity index (χ0n) is 11.7. The van der Waals surface area contributed by atoms with Gasteiger partial charge in [-0.25, -0.2) is 0 Å². The van der Waals surface area contributed by atoms with Gasteiger partial charge in [0.15, 0.2) is 6.10 Å². The predicted octanol–water partition coefficient (Wildman–Crippen LogP) is 2.34. The lowest BCUT2D eigenvalue weighted by Gasteiger charge is -2.33. The van der Waals surface area contributed by atoms with Crippen LogP contribution in [-0.4, -0.2) is 23.7 Å². The van der Waals surface area contributed by atoms with E-state index in [2.05, 4.69) is 13.8 Å². The Kier molecular flexibility index (Phi) is 4.10. The minimum absolute atomic E-state index is 0.00454. The Balaban J connectivity index is 2.30. The number of carbonyl (C=O) groups excluding carboxylic acids is 1. The molecule has 4 heteroatoms. The maximum Gasteiger partial charge on any atom is 0.267 e. The Hall–Kier alpha value is -1.55. The van der Waals surface area contributed by atoms with E-state index in [4.69, 9.17) is 9.84 Å². The quantitative estimate of drug-likeness (QED) is 0.907. The number of nitrogens with zero attached hydrogens (tertiary/aromatic N) is 1. The third-order valence-corrected chi connectivity index (χ3v) is 3.35. The summed E-state index contributed by atoms with van der Waals surface area (Å²) in [4.78, 5) is 14.0. The first-order chi connectivity index (χ1) is 9.02. The van der Waals surface area contributed by atoms with Gasteiger partial charge in [0.2, 0.25) is 0 Å². The molecule has 0 aliphatic carbocycles. The number of hydrogen-bond donors (Lipinski definition) is 1. The molecule has 0 radical (unpaired) electrons. The van der Waals surface area contributed by atoms with Crippen molar-refractivity contribution in [2.75, 3.05) is 11.4 Å². The van der Waals surface area contributed by atoms with Gasteiger partial charge in [-0.1, -0.05) is 19.9 Å². The summed E-state index contributed by atoms with van der Waals surface area (Å²) in [5, 5.41) is 9.16. The fourth-order valence-corrected chi connectivity index (χ4v) is 2.17. The van der Waals surface area contributed by atoms with Crippen LogP contribution in [0.4, 0.5) is 5.69 Å². The molecule has 0 saturated carbocycles. The first-order valence-corrected chi connectivity index (χ1v) is 6.74. The van der Waals surface area contributed by atoms with Gasteiger partial charge in [0.25, 0.3) is 5.91 Å². The summed E-state index contributed by atoms with van der Waals surface area (Å²) in [5.41, 5.74) is 1.60. The molecule has 0 bridgehead atoms. The van der Waals surface area contributed by atoms with Crippen molar-refractivity contribution in [2.24, 2.45) is 5.92 Å². The molecule has 1 heterocycles. The van der Waals surface area contributed by atoms with Gasteiger partial charge in [0, 0.05) is 6.54 Å². The highest BCUT2D eigenvalue weighted by Gasteiger charge is 2.31. The number of amides is 1. The SMILES string of the molecule is CC(C)CCN1C(=O)C(C)Oc2cc(CO)ccc21.